The second kappa shape index (κ2) is 7.33. The van der Waals surface area contributed by atoms with Crippen LogP contribution in [-0.4, -0.2) is 72.8 Å². The third-order valence-corrected chi connectivity index (χ3v) is 4.69. The Morgan fingerprint density at radius 1 is 1.38 bits per heavy atom. The van der Waals surface area contributed by atoms with Crippen molar-refractivity contribution < 1.29 is 4.52 Å². The molecule has 6 nitrogen and oxygen atoms in total. The standard InChI is InChI=1S/C15H29N5O/c1-6-13(16-3)11(2)15-17-14(18-21-15)9-12-10-19(4)7-8-20(12)5/h11-13,16H,6-10H2,1-5H3. The first kappa shape index (κ1) is 16.4. The van der Waals surface area contributed by atoms with Crippen molar-refractivity contribution in [3.63, 3.8) is 0 Å². The maximum atomic E-state index is 5.48. The Labute approximate surface area is 127 Å². The lowest BCUT2D eigenvalue weighted by molar-refractivity contribution is 0.113. The smallest absolute Gasteiger partial charge is 0.231 e. The molecule has 0 bridgehead atoms. The lowest BCUT2D eigenvalue weighted by Crippen LogP contribution is -2.50. The van der Waals surface area contributed by atoms with Crippen molar-refractivity contribution >= 4 is 0 Å². The van der Waals surface area contributed by atoms with E-state index < -0.39 is 0 Å². The van der Waals surface area contributed by atoms with Gasteiger partial charge in [0.05, 0.1) is 5.92 Å². The van der Waals surface area contributed by atoms with Gasteiger partial charge in [0.15, 0.2) is 5.82 Å². The van der Waals surface area contributed by atoms with Crippen molar-refractivity contribution in [3.8, 4) is 0 Å². The van der Waals surface area contributed by atoms with E-state index in [1.807, 2.05) is 7.05 Å². The van der Waals surface area contributed by atoms with Crippen LogP contribution in [0.4, 0.5) is 0 Å². The Kier molecular flexibility index (Phi) is 5.72. The van der Waals surface area contributed by atoms with E-state index in [0.717, 1.165) is 44.2 Å². The van der Waals surface area contributed by atoms with Crippen LogP contribution in [0, 0.1) is 0 Å². The van der Waals surface area contributed by atoms with E-state index in [2.05, 4.69) is 53.2 Å². The Bertz CT molecular complexity index is 431. The molecular weight excluding hydrogens is 266 g/mol. The monoisotopic (exact) mass is 295 g/mol. The molecule has 1 aromatic rings. The molecule has 6 heteroatoms. The third kappa shape index (κ3) is 4.02. The molecule has 0 amide bonds. The van der Waals surface area contributed by atoms with Gasteiger partial charge in [-0.25, -0.2) is 0 Å². The largest absolute Gasteiger partial charge is 0.339 e. The second-order valence-electron chi connectivity index (χ2n) is 6.24. The van der Waals surface area contributed by atoms with Crippen LogP contribution >= 0.6 is 0 Å². The van der Waals surface area contributed by atoms with Gasteiger partial charge >= 0.3 is 0 Å². The van der Waals surface area contributed by atoms with E-state index in [0.29, 0.717) is 12.1 Å². The molecule has 2 heterocycles. The van der Waals surface area contributed by atoms with Gasteiger partial charge in [-0.2, -0.15) is 4.98 Å². The number of aromatic nitrogens is 2. The van der Waals surface area contributed by atoms with Gasteiger partial charge in [-0.15, -0.1) is 0 Å². The summed E-state index contributed by atoms with van der Waals surface area (Å²) in [6.45, 7) is 7.59. The van der Waals surface area contributed by atoms with Crippen LogP contribution in [-0.2, 0) is 6.42 Å². The molecule has 1 saturated heterocycles. The van der Waals surface area contributed by atoms with Gasteiger partial charge in [0.25, 0.3) is 0 Å². The molecule has 0 saturated carbocycles. The summed E-state index contributed by atoms with van der Waals surface area (Å²) >= 11 is 0. The lowest BCUT2D eigenvalue weighted by atomic mass is 10.00. The minimum absolute atomic E-state index is 0.244. The van der Waals surface area contributed by atoms with Gasteiger partial charge < -0.3 is 19.6 Å². The minimum atomic E-state index is 0.244. The first-order chi connectivity index (χ1) is 10.0. The molecule has 1 N–H and O–H groups in total. The molecule has 0 spiro atoms. The van der Waals surface area contributed by atoms with Gasteiger partial charge in [-0.05, 0) is 27.6 Å². The molecule has 0 aromatic carbocycles. The van der Waals surface area contributed by atoms with Crippen LogP contribution in [0.25, 0.3) is 0 Å². The molecule has 3 atom stereocenters. The Hall–Kier alpha value is -0.980. The molecule has 21 heavy (non-hydrogen) atoms. The maximum Gasteiger partial charge on any atom is 0.231 e. The number of hydrogen-bond acceptors (Lipinski definition) is 6. The molecule has 1 fully saturated rings. The van der Waals surface area contributed by atoms with Crippen LogP contribution in [0.3, 0.4) is 0 Å². The van der Waals surface area contributed by atoms with Crippen LogP contribution in [0.5, 0.6) is 0 Å². The summed E-state index contributed by atoms with van der Waals surface area (Å²) in [6.07, 6.45) is 1.90. The Morgan fingerprint density at radius 2 is 2.14 bits per heavy atom. The highest BCUT2D eigenvalue weighted by Crippen LogP contribution is 2.20. The molecule has 0 aliphatic carbocycles. The van der Waals surface area contributed by atoms with Gasteiger partial charge in [0.1, 0.15) is 0 Å². The summed E-state index contributed by atoms with van der Waals surface area (Å²) in [5, 5.41) is 7.49. The van der Waals surface area contributed by atoms with E-state index in [-0.39, 0.29) is 5.92 Å². The quantitative estimate of drug-likeness (QED) is 0.843. The second-order valence-corrected chi connectivity index (χ2v) is 6.24. The molecule has 120 valence electrons. The predicted molar refractivity (Wildman–Crippen MR) is 83.5 cm³/mol. The highest BCUT2D eigenvalue weighted by Gasteiger charge is 2.26. The fourth-order valence-corrected chi connectivity index (χ4v) is 3.05. The van der Waals surface area contributed by atoms with Crippen molar-refractivity contribution in [2.75, 3.05) is 40.8 Å². The number of rotatable bonds is 6. The molecule has 1 aliphatic rings. The van der Waals surface area contributed by atoms with Crippen LogP contribution in [0.15, 0.2) is 4.52 Å². The van der Waals surface area contributed by atoms with Gasteiger partial charge in [-0.3, -0.25) is 0 Å². The Morgan fingerprint density at radius 3 is 2.81 bits per heavy atom. The Balaban J connectivity index is 1.99. The molecule has 0 radical (unpaired) electrons. The first-order valence-electron chi connectivity index (χ1n) is 7.93. The van der Waals surface area contributed by atoms with E-state index in [4.69, 9.17) is 4.52 Å². The third-order valence-electron chi connectivity index (χ3n) is 4.69. The van der Waals surface area contributed by atoms with Gasteiger partial charge in [0.2, 0.25) is 5.89 Å². The van der Waals surface area contributed by atoms with E-state index >= 15 is 0 Å². The van der Waals surface area contributed by atoms with E-state index in [1.165, 1.54) is 0 Å². The zero-order valence-corrected chi connectivity index (χ0v) is 14.0. The number of nitrogens with one attached hydrogen (secondary N) is 1. The summed E-state index contributed by atoms with van der Waals surface area (Å²) < 4.78 is 5.48. The summed E-state index contributed by atoms with van der Waals surface area (Å²) in [4.78, 5) is 9.37. The lowest BCUT2D eigenvalue weighted by Gasteiger charge is -2.37. The number of piperazine rings is 1. The fraction of sp³-hybridized carbons (Fsp3) is 0.867. The predicted octanol–water partition coefficient (Wildman–Crippen LogP) is 0.959. The van der Waals surface area contributed by atoms with Crippen molar-refractivity contribution in [1.29, 1.82) is 0 Å². The van der Waals surface area contributed by atoms with Gasteiger partial charge in [0, 0.05) is 38.1 Å². The molecule has 2 rings (SSSR count). The average molecular weight is 295 g/mol. The number of hydrogen-bond donors (Lipinski definition) is 1. The molecule has 3 unspecified atom stereocenters. The van der Waals surface area contributed by atoms with E-state index in [1.54, 1.807) is 0 Å². The van der Waals surface area contributed by atoms with Crippen molar-refractivity contribution in [2.45, 2.75) is 44.7 Å². The molecule has 1 aliphatic heterocycles. The van der Waals surface area contributed by atoms with Crippen LogP contribution in [0.2, 0.25) is 0 Å². The van der Waals surface area contributed by atoms with Crippen LogP contribution in [0.1, 0.15) is 37.9 Å². The minimum Gasteiger partial charge on any atom is -0.339 e. The van der Waals surface area contributed by atoms with Crippen molar-refractivity contribution in [2.24, 2.45) is 0 Å². The molecular formula is C15H29N5O. The highest BCUT2D eigenvalue weighted by atomic mass is 16.5. The van der Waals surface area contributed by atoms with Gasteiger partial charge in [-0.1, -0.05) is 19.0 Å². The normalized spacial score (nSPS) is 24.1. The zero-order chi connectivity index (χ0) is 15.4. The summed E-state index contributed by atoms with van der Waals surface area (Å²) in [5.74, 6) is 1.82. The number of nitrogens with zero attached hydrogens (tertiary/aromatic N) is 4. The van der Waals surface area contributed by atoms with Crippen LogP contribution < -0.4 is 5.32 Å². The zero-order valence-electron chi connectivity index (χ0n) is 14.0. The maximum absolute atomic E-state index is 5.48. The number of likely N-dealkylation sites (N-methyl/N-ethyl adjacent to an activating group) is 3. The van der Waals surface area contributed by atoms with E-state index in [9.17, 15) is 0 Å². The topological polar surface area (TPSA) is 57.4 Å². The fourth-order valence-electron chi connectivity index (χ4n) is 3.05. The van der Waals surface area contributed by atoms with Crippen molar-refractivity contribution in [3.05, 3.63) is 11.7 Å². The highest BCUT2D eigenvalue weighted by molar-refractivity contribution is 4.99. The SMILES string of the molecule is CCC(NC)C(C)c1nc(CC2CN(C)CCN2C)no1. The average Bonchev–Trinajstić information content (AvgIpc) is 2.92. The molecule has 1 aromatic heterocycles. The summed E-state index contributed by atoms with van der Waals surface area (Å²) in [5.41, 5.74) is 0. The summed E-state index contributed by atoms with van der Waals surface area (Å²) in [7, 11) is 6.33. The first-order valence-corrected chi connectivity index (χ1v) is 7.93. The summed E-state index contributed by atoms with van der Waals surface area (Å²) in [6, 6.07) is 0.845. The van der Waals surface area contributed by atoms with Crippen molar-refractivity contribution in [1.82, 2.24) is 25.3 Å².